The first-order valence-electron chi connectivity index (χ1n) is 12.0. The highest BCUT2D eigenvalue weighted by atomic mass is 35.5. The van der Waals surface area contributed by atoms with Crippen LogP contribution in [0.15, 0.2) is 91.1 Å². The minimum atomic E-state index is -1.01. The Kier molecular flexibility index (Phi) is 7.38. The van der Waals surface area contributed by atoms with Gasteiger partial charge in [-0.25, -0.2) is 4.79 Å². The average Bonchev–Trinajstić information content (AvgIpc) is 3.33. The van der Waals surface area contributed by atoms with Crippen LogP contribution in [0.5, 0.6) is 0 Å². The summed E-state index contributed by atoms with van der Waals surface area (Å²) in [5.74, 6) is -1.28. The van der Waals surface area contributed by atoms with Gasteiger partial charge in [0.25, 0.3) is 5.91 Å². The van der Waals surface area contributed by atoms with Crippen LogP contribution in [0.1, 0.15) is 37.4 Å². The predicted molar refractivity (Wildman–Crippen MR) is 152 cm³/mol. The quantitative estimate of drug-likeness (QED) is 0.223. The smallest absolute Gasteiger partial charge is 0.335 e. The SMILES string of the molecule is N#Cc1ccc(-c2cc(C(=O)NCc3ccc(C(=O)O)cc3)c3c(ccn3Cc3cc(Cl)cc(Cl)c3)c2)cc1. The number of hydrogen-bond acceptors (Lipinski definition) is 3. The van der Waals surface area contributed by atoms with Crippen molar-refractivity contribution in [3.63, 3.8) is 0 Å². The largest absolute Gasteiger partial charge is 0.478 e. The summed E-state index contributed by atoms with van der Waals surface area (Å²) in [7, 11) is 0. The highest BCUT2D eigenvalue weighted by molar-refractivity contribution is 6.34. The van der Waals surface area contributed by atoms with Crippen molar-refractivity contribution in [2.75, 3.05) is 0 Å². The van der Waals surface area contributed by atoms with Gasteiger partial charge in [-0.05, 0) is 82.9 Å². The molecule has 1 aromatic heterocycles. The number of nitrogens with zero attached hydrogens (tertiary/aromatic N) is 2. The average molecular weight is 554 g/mol. The molecule has 6 nitrogen and oxygen atoms in total. The second kappa shape index (κ2) is 11.0. The summed E-state index contributed by atoms with van der Waals surface area (Å²) in [6, 6.07) is 26.9. The third-order valence-corrected chi connectivity index (χ3v) is 6.82. The van der Waals surface area contributed by atoms with Gasteiger partial charge in [0.05, 0.1) is 28.3 Å². The lowest BCUT2D eigenvalue weighted by atomic mass is 9.99. The summed E-state index contributed by atoms with van der Waals surface area (Å²) >= 11 is 12.4. The fraction of sp³-hybridized carbons (Fsp3) is 0.0645. The summed E-state index contributed by atoms with van der Waals surface area (Å²) < 4.78 is 1.98. The van der Waals surface area contributed by atoms with Crippen LogP contribution in [0.25, 0.3) is 22.0 Å². The Hall–Kier alpha value is -4.57. The topological polar surface area (TPSA) is 95.1 Å². The molecule has 0 saturated heterocycles. The molecule has 0 atom stereocenters. The van der Waals surface area contributed by atoms with Crippen LogP contribution in [-0.2, 0) is 13.1 Å². The molecule has 5 rings (SSSR count). The Morgan fingerprint density at radius 2 is 1.54 bits per heavy atom. The minimum absolute atomic E-state index is 0.181. The second-order valence-corrected chi connectivity index (χ2v) is 9.93. The molecule has 8 heteroatoms. The fourth-order valence-corrected chi connectivity index (χ4v) is 5.07. The first-order chi connectivity index (χ1) is 18.8. The van der Waals surface area contributed by atoms with Gasteiger partial charge in [-0.15, -0.1) is 0 Å². The number of nitriles is 1. The van der Waals surface area contributed by atoms with Gasteiger partial charge in [0.2, 0.25) is 0 Å². The zero-order chi connectivity index (χ0) is 27.5. The second-order valence-electron chi connectivity index (χ2n) is 9.06. The lowest BCUT2D eigenvalue weighted by molar-refractivity contribution is 0.0696. The molecule has 5 aromatic rings. The Balaban J connectivity index is 1.53. The van der Waals surface area contributed by atoms with E-state index >= 15 is 0 Å². The van der Waals surface area contributed by atoms with E-state index in [-0.39, 0.29) is 18.0 Å². The van der Waals surface area contributed by atoms with Crippen LogP contribution in [0.4, 0.5) is 0 Å². The van der Waals surface area contributed by atoms with Crippen LogP contribution in [-0.4, -0.2) is 21.6 Å². The normalized spacial score (nSPS) is 10.8. The van der Waals surface area contributed by atoms with E-state index in [1.54, 1.807) is 30.3 Å². The summed E-state index contributed by atoms with van der Waals surface area (Å²) in [4.78, 5) is 24.7. The Labute approximate surface area is 234 Å². The Morgan fingerprint density at radius 1 is 0.846 bits per heavy atom. The van der Waals surface area contributed by atoms with Crippen molar-refractivity contribution in [3.05, 3.63) is 129 Å². The van der Waals surface area contributed by atoms with Gasteiger partial charge in [-0.2, -0.15) is 5.26 Å². The number of hydrogen-bond donors (Lipinski definition) is 2. The summed E-state index contributed by atoms with van der Waals surface area (Å²) in [5.41, 5.74) is 5.35. The third kappa shape index (κ3) is 5.80. The van der Waals surface area contributed by atoms with Crippen molar-refractivity contribution >= 4 is 46.0 Å². The number of carboxylic acids is 1. The van der Waals surface area contributed by atoms with E-state index in [0.29, 0.717) is 27.7 Å². The molecule has 0 unspecified atom stereocenters. The standard InChI is InChI=1S/C31H21Cl2N3O3/c32-26-11-21(12-27(33)15-26)18-36-10-9-24-13-25(22-5-1-19(16-34)2-6-22)14-28(29(24)36)30(37)35-17-20-3-7-23(8-4-20)31(38)39/h1-15H,17-18H2,(H,35,37)(H,38,39). The van der Waals surface area contributed by atoms with Crippen LogP contribution in [0.2, 0.25) is 10.0 Å². The molecule has 0 saturated carbocycles. The number of carbonyl (C=O) groups excluding carboxylic acids is 1. The lowest BCUT2D eigenvalue weighted by Gasteiger charge is -2.14. The highest BCUT2D eigenvalue weighted by Crippen LogP contribution is 2.30. The number of aromatic nitrogens is 1. The van der Waals surface area contributed by atoms with Crippen molar-refractivity contribution < 1.29 is 14.7 Å². The van der Waals surface area contributed by atoms with E-state index in [1.807, 2.05) is 53.2 Å². The highest BCUT2D eigenvalue weighted by Gasteiger charge is 2.17. The maximum absolute atomic E-state index is 13.6. The Morgan fingerprint density at radius 3 is 2.18 bits per heavy atom. The van der Waals surface area contributed by atoms with E-state index in [4.69, 9.17) is 33.6 Å². The number of rotatable bonds is 7. The molecule has 0 radical (unpaired) electrons. The summed E-state index contributed by atoms with van der Waals surface area (Å²) in [5, 5.41) is 23.2. The van der Waals surface area contributed by atoms with Crippen molar-refractivity contribution in [2.24, 2.45) is 0 Å². The van der Waals surface area contributed by atoms with Gasteiger partial charge in [0.1, 0.15) is 0 Å². The molecule has 2 N–H and O–H groups in total. The molecule has 0 spiro atoms. The van der Waals surface area contributed by atoms with Crippen molar-refractivity contribution in [3.8, 4) is 17.2 Å². The number of aromatic carboxylic acids is 1. The number of carbonyl (C=O) groups is 2. The zero-order valence-corrected chi connectivity index (χ0v) is 22.0. The molecule has 1 amide bonds. The molecule has 1 heterocycles. The maximum atomic E-state index is 13.6. The molecule has 0 aliphatic carbocycles. The minimum Gasteiger partial charge on any atom is -0.478 e. The first kappa shape index (κ1) is 26.1. The van der Waals surface area contributed by atoms with Gasteiger partial charge in [0, 0.05) is 34.7 Å². The monoisotopic (exact) mass is 553 g/mol. The molecular weight excluding hydrogens is 533 g/mol. The number of benzene rings is 4. The van der Waals surface area contributed by atoms with Crippen LogP contribution in [0, 0.1) is 11.3 Å². The molecule has 192 valence electrons. The van der Waals surface area contributed by atoms with E-state index in [1.165, 1.54) is 12.1 Å². The molecular formula is C31H21Cl2N3O3. The van der Waals surface area contributed by atoms with Crippen LogP contribution in [0.3, 0.4) is 0 Å². The van der Waals surface area contributed by atoms with Crippen LogP contribution >= 0.6 is 23.2 Å². The van der Waals surface area contributed by atoms with E-state index in [9.17, 15) is 9.59 Å². The summed E-state index contributed by atoms with van der Waals surface area (Å²) in [6.07, 6.45) is 1.92. The number of amides is 1. The predicted octanol–water partition coefficient (Wildman–Crippen LogP) is 7.16. The summed E-state index contributed by atoms with van der Waals surface area (Å²) in [6.45, 7) is 0.683. The van der Waals surface area contributed by atoms with Crippen molar-refractivity contribution in [1.82, 2.24) is 9.88 Å². The zero-order valence-electron chi connectivity index (χ0n) is 20.5. The molecule has 39 heavy (non-hydrogen) atoms. The first-order valence-corrected chi connectivity index (χ1v) is 12.7. The van der Waals surface area contributed by atoms with Gasteiger partial charge in [-0.1, -0.05) is 47.5 Å². The van der Waals surface area contributed by atoms with Crippen molar-refractivity contribution in [1.29, 1.82) is 5.26 Å². The molecule has 4 aromatic carbocycles. The van der Waals surface area contributed by atoms with Gasteiger partial charge in [-0.3, -0.25) is 4.79 Å². The Bertz CT molecular complexity index is 1730. The molecule has 0 fully saturated rings. The van der Waals surface area contributed by atoms with E-state index in [2.05, 4.69) is 11.4 Å². The van der Waals surface area contributed by atoms with Gasteiger partial charge >= 0.3 is 5.97 Å². The van der Waals surface area contributed by atoms with Crippen LogP contribution < -0.4 is 5.32 Å². The molecule has 0 bridgehead atoms. The number of nitrogens with one attached hydrogen (secondary N) is 1. The molecule has 0 aliphatic heterocycles. The number of fused-ring (bicyclic) bond motifs is 1. The van der Waals surface area contributed by atoms with Gasteiger partial charge in [0.15, 0.2) is 0 Å². The van der Waals surface area contributed by atoms with E-state index in [0.717, 1.165) is 33.2 Å². The van der Waals surface area contributed by atoms with Gasteiger partial charge < -0.3 is 15.0 Å². The fourth-order valence-electron chi connectivity index (χ4n) is 4.50. The number of halogens is 2. The third-order valence-electron chi connectivity index (χ3n) is 6.38. The lowest BCUT2D eigenvalue weighted by Crippen LogP contribution is -2.23. The molecule has 0 aliphatic rings. The number of carboxylic acid groups (broad SMARTS) is 1. The van der Waals surface area contributed by atoms with Crippen molar-refractivity contribution in [2.45, 2.75) is 13.1 Å². The van der Waals surface area contributed by atoms with E-state index < -0.39 is 5.97 Å². The maximum Gasteiger partial charge on any atom is 0.335 e.